The van der Waals surface area contributed by atoms with Crippen molar-refractivity contribution in [3.63, 3.8) is 0 Å². The summed E-state index contributed by atoms with van der Waals surface area (Å²) < 4.78 is 27.2. The van der Waals surface area contributed by atoms with Crippen LogP contribution in [-0.4, -0.2) is 37.4 Å². The fourth-order valence-electron chi connectivity index (χ4n) is 1.49. The molecule has 1 aromatic rings. The van der Waals surface area contributed by atoms with E-state index < -0.39 is 16.2 Å². The van der Waals surface area contributed by atoms with Crippen molar-refractivity contribution in [3.8, 4) is 6.07 Å². The second-order valence-electron chi connectivity index (χ2n) is 4.18. The maximum Gasteiger partial charge on any atom is 0.304 e. The molecule has 0 bridgehead atoms. The van der Waals surface area contributed by atoms with Crippen LogP contribution in [0.1, 0.15) is 17.5 Å². The van der Waals surface area contributed by atoms with Crippen LogP contribution in [0.25, 0.3) is 0 Å². The Morgan fingerprint density at radius 3 is 2.70 bits per heavy atom. The molecule has 0 heterocycles. The third-order valence-electron chi connectivity index (χ3n) is 2.67. The van der Waals surface area contributed by atoms with Gasteiger partial charge in [-0.05, 0) is 18.6 Å². The van der Waals surface area contributed by atoms with E-state index in [-0.39, 0.29) is 24.2 Å². The van der Waals surface area contributed by atoms with Crippen molar-refractivity contribution in [3.05, 3.63) is 29.3 Å². The van der Waals surface area contributed by atoms with Gasteiger partial charge in [0.15, 0.2) is 0 Å². The smallest absolute Gasteiger partial charge is 0.304 e. The topological polar surface area (TPSA) is 110 Å². The molecular weight excluding hydrogens is 282 g/mol. The second kappa shape index (κ2) is 6.36. The van der Waals surface area contributed by atoms with Crippen molar-refractivity contribution in [2.24, 2.45) is 0 Å². The van der Waals surface area contributed by atoms with Crippen molar-refractivity contribution in [1.29, 1.82) is 5.26 Å². The SMILES string of the molecule is Cc1cccc(NS(=O)(=O)N(C)CCC(=O)O)c1C#N. The van der Waals surface area contributed by atoms with Crippen LogP contribution in [-0.2, 0) is 15.0 Å². The zero-order valence-corrected chi connectivity index (χ0v) is 11.9. The Morgan fingerprint density at radius 1 is 1.50 bits per heavy atom. The van der Waals surface area contributed by atoms with Gasteiger partial charge in [-0.1, -0.05) is 12.1 Å². The molecule has 0 radical (unpaired) electrons. The number of benzene rings is 1. The summed E-state index contributed by atoms with van der Waals surface area (Å²) in [5.74, 6) is -1.08. The molecule has 2 N–H and O–H groups in total. The number of carboxylic acids is 1. The third-order valence-corrected chi connectivity index (χ3v) is 4.16. The van der Waals surface area contributed by atoms with Crippen LogP contribution in [0.4, 0.5) is 5.69 Å². The number of carboxylic acid groups (broad SMARTS) is 1. The van der Waals surface area contributed by atoms with Gasteiger partial charge in [0.25, 0.3) is 0 Å². The Hall–Kier alpha value is -2.11. The molecule has 0 aliphatic carbocycles. The van der Waals surface area contributed by atoms with Crippen LogP contribution in [0, 0.1) is 18.3 Å². The minimum Gasteiger partial charge on any atom is -0.481 e. The van der Waals surface area contributed by atoms with Crippen LogP contribution in [0.2, 0.25) is 0 Å². The van der Waals surface area contributed by atoms with Gasteiger partial charge in [0.2, 0.25) is 0 Å². The molecule has 0 spiro atoms. The molecule has 108 valence electrons. The zero-order chi connectivity index (χ0) is 15.3. The summed E-state index contributed by atoms with van der Waals surface area (Å²) in [6.07, 6.45) is -0.295. The van der Waals surface area contributed by atoms with Crippen molar-refractivity contribution < 1.29 is 18.3 Å². The van der Waals surface area contributed by atoms with Gasteiger partial charge in [0.05, 0.1) is 17.7 Å². The number of anilines is 1. The largest absolute Gasteiger partial charge is 0.481 e. The van der Waals surface area contributed by atoms with E-state index in [2.05, 4.69) is 4.72 Å². The first-order chi connectivity index (χ1) is 9.27. The molecule has 1 aromatic carbocycles. The molecule has 0 unspecified atom stereocenters. The van der Waals surface area contributed by atoms with Crippen molar-refractivity contribution in [2.75, 3.05) is 18.3 Å². The van der Waals surface area contributed by atoms with E-state index in [1.807, 2.05) is 6.07 Å². The number of nitriles is 1. The van der Waals surface area contributed by atoms with Gasteiger partial charge in [-0.3, -0.25) is 9.52 Å². The van der Waals surface area contributed by atoms with Gasteiger partial charge < -0.3 is 5.11 Å². The molecule has 0 aromatic heterocycles. The number of aryl methyl sites for hydroxylation is 1. The summed E-state index contributed by atoms with van der Waals surface area (Å²) in [5.41, 5.74) is 1.07. The lowest BCUT2D eigenvalue weighted by Crippen LogP contribution is -2.34. The van der Waals surface area contributed by atoms with Crippen LogP contribution < -0.4 is 4.72 Å². The number of carbonyl (C=O) groups is 1. The lowest BCUT2D eigenvalue weighted by Gasteiger charge is -2.18. The summed E-state index contributed by atoms with van der Waals surface area (Å²) >= 11 is 0. The number of hydrogen-bond donors (Lipinski definition) is 2. The van der Waals surface area contributed by atoms with Crippen LogP contribution >= 0.6 is 0 Å². The fraction of sp³-hybridized carbons (Fsp3) is 0.333. The summed E-state index contributed by atoms with van der Waals surface area (Å²) in [6, 6.07) is 6.75. The predicted molar refractivity (Wildman–Crippen MR) is 73.3 cm³/mol. The van der Waals surface area contributed by atoms with Gasteiger partial charge in [0, 0.05) is 13.6 Å². The first-order valence-corrected chi connectivity index (χ1v) is 7.17. The van der Waals surface area contributed by atoms with Crippen LogP contribution in [0.5, 0.6) is 0 Å². The monoisotopic (exact) mass is 297 g/mol. The van der Waals surface area contributed by atoms with Gasteiger partial charge in [-0.15, -0.1) is 0 Å². The van der Waals surface area contributed by atoms with E-state index in [1.165, 1.54) is 13.1 Å². The highest BCUT2D eigenvalue weighted by Crippen LogP contribution is 2.20. The molecule has 0 fully saturated rings. The lowest BCUT2D eigenvalue weighted by atomic mass is 10.1. The quantitative estimate of drug-likeness (QED) is 0.811. The standard InChI is InChI=1S/C12H15N3O4S/c1-9-4-3-5-11(10(9)8-13)14-20(18,19)15(2)7-6-12(16)17/h3-5,14H,6-7H2,1-2H3,(H,16,17). The number of nitrogens with one attached hydrogen (secondary N) is 1. The molecule has 1 rings (SSSR count). The van der Waals surface area contributed by atoms with Crippen molar-refractivity contribution in [1.82, 2.24) is 4.31 Å². The average Bonchev–Trinajstić information content (AvgIpc) is 2.35. The Morgan fingerprint density at radius 2 is 2.15 bits per heavy atom. The molecule has 0 amide bonds. The minimum absolute atomic E-state index is 0.154. The third kappa shape index (κ3) is 3.94. The van der Waals surface area contributed by atoms with E-state index in [0.29, 0.717) is 5.56 Å². The summed E-state index contributed by atoms with van der Waals surface area (Å²) in [7, 11) is -2.62. The molecule has 8 heteroatoms. The van der Waals surface area contributed by atoms with E-state index in [9.17, 15) is 13.2 Å². The molecule has 20 heavy (non-hydrogen) atoms. The molecule has 0 aliphatic rings. The predicted octanol–water partition coefficient (Wildman–Crippen LogP) is 0.930. The fourth-order valence-corrected chi connectivity index (χ4v) is 2.43. The molecule has 0 aliphatic heterocycles. The van der Waals surface area contributed by atoms with Crippen molar-refractivity contribution >= 4 is 21.9 Å². The number of aliphatic carboxylic acids is 1. The maximum absolute atomic E-state index is 12.0. The first kappa shape index (κ1) is 15.9. The Bertz CT molecular complexity index is 649. The Labute approximate surface area is 117 Å². The summed E-state index contributed by atoms with van der Waals surface area (Å²) in [5, 5.41) is 17.6. The Balaban J connectivity index is 2.95. The Kier molecular flexibility index (Phi) is 5.07. The zero-order valence-electron chi connectivity index (χ0n) is 11.1. The molecule has 0 atom stereocenters. The number of rotatable bonds is 6. The van der Waals surface area contributed by atoms with E-state index in [0.717, 1.165) is 4.31 Å². The molecule has 0 saturated heterocycles. The highest BCUT2D eigenvalue weighted by atomic mass is 32.2. The van der Waals surface area contributed by atoms with E-state index in [1.54, 1.807) is 19.1 Å². The minimum atomic E-state index is -3.89. The normalized spacial score (nSPS) is 11.1. The van der Waals surface area contributed by atoms with E-state index in [4.69, 9.17) is 10.4 Å². The van der Waals surface area contributed by atoms with Gasteiger partial charge in [0.1, 0.15) is 6.07 Å². The van der Waals surface area contributed by atoms with Crippen LogP contribution in [0.3, 0.4) is 0 Å². The number of hydrogen-bond acceptors (Lipinski definition) is 4. The van der Waals surface area contributed by atoms with Crippen molar-refractivity contribution in [2.45, 2.75) is 13.3 Å². The maximum atomic E-state index is 12.0. The van der Waals surface area contributed by atoms with Gasteiger partial charge >= 0.3 is 16.2 Å². The average molecular weight is 297 g/mol. The van der Waals surface area contributed by atoms with Gasteiger partial charge in [-0.2, -0.15) is 18.0 Å². The van der Waals surface area contributed by atoms with Crippen LogP contribution in [0.15, 0.2) is 18.2 Å². The number of nitrogens with zero attached hydrogens (tertiary/aromatic N) is 2. The van der Waals surface area contributed by atoms with Gasteiger partial charge in [-0.25, -0.2) is 0 Å². The highest BCUT2D eigenvalue weighted by molar-refractivity contribution is 7.90. The molecule has 7 nitrogen and oxygen atoms in total. The molecular formula is C12H15N3O4S. The summed E-state index contributed by atoms with van der Waals surface area (Å²) in [4.78, 5) is 10.4. The highest BCUT2D eigenvalue weighted by Gasteiger charge is 2.20. The molecule has 0 saturated carbocycles. The summed E-state index contributed by atoms with van der Waals surface area (Å²) in [6.45, 7) is 1.54. The lowest BCUT2D eigenvalue weighted by molar-refractivity contribution is -0.137. The first-order valence-electron chi connectivity index (χ1n) is 5.73. The van der Waals surface area contributed by atoms with E-state index >= 15 is 0 Å². The second-order valence-corrected chi connectivity index (χ2v) is 5.96.